The topological polar surface area (TPSA) is 43.8 Å². The van der Waals surface area contributed by atoms with Crippen LogP contribution < -0.4 is 5.73 Å². The zero-order chi connectivity index (χ0) is 10.8. The number of hydrogen-bond acceptors (Lipinski definition) is 3. The van der Waals surface area contributed by atoms with Crippen molar-refractivity contribution in [2.75, 3.05) is 0 Å². The largest absolute Gasteiger partial charge is 0.318 e. The maximum Gasteiger partial charge on any atom is 0.0837 e. The molecule has 1 atom stereocenters. The Balaban J connectivity index is 2.40. The summed E-state index contributed by atoms with van der Waals surface area (Å²) < 4.78 is 1.84. The number of aryl methyl sites for hydroxylation is 1. The smallest absolute Gasteiger partial charge is 0.0837 e. The van der Waals surface area contributed by atoms with Crippen LogP contribution in [0.25, 0.3) is 0 Å². The van der Waals surface area contributed by atoms with E-state index in [0.29, 0.717) is 5.02 Å². The highest BCUT2D eigenvalue weighted by molar-refractivity contribution is 7.10. The highest BCUT2D eigenvalue weighted by Crippen LogP contribution is 2.28. The van der Waals surface area contributed by atoms with Crippen molar-refractivity contribution >= 4 is 22.9 Å². The second-order valence-electron chi connectivity index (χ2n) is 3.19. The van der Waals surface area contributed by atoms with E-state index in [0.717, 1.165) is 17.1 Å². The zero-order valence-corrected chi connectivity index (χ0v) is 9.92. The summed E-state index contributed by atoms with van der Waals surface area (Å²) in [6.45, 7) is 2.80. The molecule has 0 aliphatic rings. The first-order chi connectivity index (χ1) is 7.24. The number of rotatable bonds is 3. The zero-order valence-electron chi connectivity index (χ0n) is 8.35. The van der Waals surface area contributed by atoms with Gasteiger partial charge < -0.3 is 5.73 Å². The van der Waals surface area contributed by atoms with Crippen molar-refractivity contribution in [2.24, 2.45) is 5.73 Å². The second kappa shape index (κ2) is 4.35. The third-order valence-corrected chi connectivity index (χ3v) is 3.52. The van der Waals surface area contributed by atoms with Crippen molar-refractivity contribution < 1.29 is 0 Å². The van der Waals surface area contributed by atoms with Gasteiger partial charge in [-0.05, 0) is 18.4 Å². The number of halogens is 1. The van der Waals surface area contributed by atoms with E-state index in [1.165, 1.54) is 0 Å². The number of nitrogens with two attached hydrogens (primary N) is 1. The predicted molar refractivity (Wildman–Crippen MR) is 63.3 cm³/mol. The van der Waals surface area contributed by atoms with Crippen LogP contribution in [0.2, 0.25) is 5.02 Å². The van der Waals surface area contributed by atoms with Crippen molar-refractivity contribution in [3.05, 3.63) is 39.3 Å². The molecule has 0 amide bonds. The van der Waals surface area contributed by atoms with Gasteiger partial charge in [-0.1, -0.05) is 17.7 Å². The molecule has 0 fully saturated rings. The molecule has 15 heavy (non-hydrogen) atoms. The van der Waals surface area contributed by atoms with Gasteiger partial charge in [-0.25, -0.2) is 0 Å². The SMILES string of the molecule is CCn1ncc(Cl)c1C(N)c1cccs1. The molecule has 0 saturated carbocycles. The molecule has 0 aliphatic carbocycles. The molecule has 0 saturated heterocycles. The van der Waals surface area contributed by atoms with E-state index in [4.69, 9.17) is 17.3 Å². The lowest BCUT2D eigenvalue weighted by atomic mass is 10.2. The fraction of sp³-hybridized carbons (Fsp3) is 0.300. The normalized spacial score (nSPS) is 13.0. The van der Waals surface area contributed by atoms with Crippen LogP contribution in [-0.4, -0.2) is 9.78 Å². The first kappa shape index (κ1) is 10.7. The van der Waals surface area contributed by atoms with E-state index >= 15 is 0 Å². The van der Waals surface area contributed by atoms with Crippen LogP contribution >= 0.6 is 22.9 Å². The van der Waals surface area contributed by atoms with Gasteiger partial charge in [-0.2, -0.15) is 5.10 Å². The van der Waals surface area contributed by atoms with Gasteiger partial charge >= 0.3 is 0 Å². The summed E-state index contributed by atoms with van der Waals surface area (Å²) in [5.74, 6) is 0. The Hall–Kier alpha value is -0.840. The first-order valence-electron chi connectivity index (χ1n) is 4.74. The minimum absolute atomic E-state index is 0.181. The molecule has 1 unspecified atom stereocenters. The van der Waals surface area contributed by atoms with E-state index in [9.17, 15) is 0 Å². The van der Waals surface area contributed by atoms with E-state index < -0.39 is 0 Å². The van der Waals surface area contributed by atoms with Gasteiger partial charge in [-0.15, -0.1) is 11.3 Å². The molecule has 2 rings (SSSR count). The first-order valence-corrected chi connectivity index (χ1v) is 6.00. The molecule has 0 aliphatic heterocycles. The van der Waals surface area contributed by atoms with Gasteiger partial charge in [0, 0.05) is 11.4 Å². The highest BCUT2D eigenvalue weighted by Gasteiger charge is 2.18. The fourth-order valence-electron chi connectivity index (χ4n) is 1.54. The van der Waals surface area contributed by atoms with E-state index in [1.807, 2.05) is 29.1 Å². The molecule has 0 aromatic carbocycles. The van der Waals surface area contributed by atoms with Crippen molar-refractivity contribution in [1.29, 1.82) is 0 Å². The van der Waals surface area contributed by atoms with E-state index in [-0.39, 0.29) is 6.04 Å². The molecule has 2 aromatic rings. The Kier molecular flexibility index (Phi) is 3.09. The number of aromatic nitrogens is 2. The molecule has 2 aromatic heterocycles. The van der Waals surface area contributed by atoms with Gasteiger partial charge in [0.1, 0.15) is 0 Å². The van der Waals surface area contributed by atoms with Gasteiger partial charge in [0.15, 0.2) is 0 Å². The molecular weight excluding hydrogens is 230 g/mol. The standard InChI is InChI=1S/C10H12ClN3S/c1-2-14-10(7(11)6-13-14)9(12)8-4-3-5-15-8/h3-6,9H,2,12H2,1H3. The lowest BCUT2D eigenvalue weighted by Gasteiger charge is -2.12. The summed E-state index contributed by atoms with van der Waals surface area (Å²) in [5, 5.41) is 6.82. The Morgan fingerprint density at radius 2 is 2.47 bits per heavy atom. The van der Waals surface area contributed by atoms with Gasteiger partial charge in [-0.3, -0.25) is 4.68 Å². The molecule has 0 bridgehead atoms. The van der Waals surface area contributed by atoms with Crippen LogP contribution in [0.3, 0.4) is 0 Å². The summed E-state index contributed by atoms with van der Waals surface area (Å²) in [6, 6.07) is 3.82. The maximum absolute atomic E-state index is 6.15. The Morgan fingerprint density at radius 3 is 3.07 bits per heavy atom. The van der Waals surface area contributed by atoms with Crippen LogP contribution in [-0.2, 0) is 6.54 Å². The van der Waals surface area contributed by atoms with Crippen molar-refractivity contribution in [3.63, 3.8) is 0 Å². The summed E-state index contributed by atoms with van der Waals surface area (Å²) in [7, 11) is 0. The molecule has 5 heteroatoms. The molecule has 0 spiro atoms. The number of hydrogen-bond donors (Lipinski definition) is 1. The van der Waals surface area contributed by atoms with Crippen LogP contribution in [0.4, 0.5) is 0 Å². The van der Waals surface area contributed by atoms with Crippen molar-refractivity contribution in [3.8, 4) is 0 Å². The Bertz CT molecular complexity index is 435. The second-order valence-corrected chi connectivity index (χ2v) is 4.57. The third-order valence-electron chi connectivity index (χ3n) is 2.28. The minimum atomic E-state index is -0.181. The number of thiophene rings is 1. The lowest BCUT2D eigenvalue weighted by molar-refractivity contribution is 0.603. The van der Waals surface area contributed by atoms with Crippen LogP contribution in [0.1, 0.15) is 23.5 Å². The van der Waals surface area contributed by atoms with Crippen LogP contribution in [0.5, 0.6) is 0 Å². The quantitative estimate of drug-likeness (QED) is 0.898. The van der Waals surface area contributed by atoms with Crippen molar-refractivity contribution in [1.82, 2.24) is 9.78 Å². The summed E-state index contributed by atoms with van der Waals surface area (Å²) in [4.78, 5) is 1.10. The summed E-state index contributed by atoms with van der Waals surface area (Å²) in [6.07, 6.45) is 1.65. The molecule has 0 radical (unpaired) electrons. The molecular formula is C10H12ClN3S. The maximum atomic E-state index is 6.15. The predicted octanol–water partition coefficient (Wildman–Crippen LogP) is 2.67. The highest BCUT2D eigenvalue weighted by atomic mass is 35.5. The molecule has 2 heterocycles. The van der Waals surface area contributed by atoms with Crippen LogP contribution in [0, 0.1) is 0 Å². The average molecular weight is 242 g/mol. The molecule has 2 N–H and O–H groups in total. The van der Waals surface area contributed by atoms with Crippen LogP contribution in [0.15, 0.2) is 23.7 Å². The Morgan fingerprint density at radius 1 is 1.67 bits per heavy atom. The third kappa shape index (κ3) is 1.93. The van der Waals surface area contributed by atoms with E-state index in [2.05, 4.69) is 5.10 Å². The molecule has 80 valence electrons. The monoisotopic (exact) mass is 241 g/mol. The molecule has 3 nitrogen and oxygen atoms in total. The van der Waals surface area contributed by atoms with Gasteiger partial charge in [0.2, 0.25) is 0 Å². The average Bonchev–Trinajstić information content (AvgIpc) is 2.85. The fourth-order valence-corrected chi connectivity index (χ4v) is 2.52. The van der Waals surface area contributed by atoms with Gasteiger partial charge in [0.05, 0.1) is 23.0 Å². The summed E-state index contributed by atoms with van der Waals surface area (Å²) >= 11 is 7.71. The van der Waals surface area contributed by atoms with E-state index in [1.54, 1.807) is 17.5 Å². The van der Waals surface area contributed by atoms with Crippen molar-refractivity contribution in [2.45, 2.75) is 19.5 Å². The summed E-state index contributed by atoms with van der Waals surface area (Å²) in [5.41, 5.74) is 7.04. The van der Waals surface area contributed by atoms with Gasteiger partial charge in [0.25, 0.3) is 0 Å². The number of nitrogens with zero attached hydrogens (tertiary/aromatic N) is 2. The lowest BCUT2D eigenvalue weighted by Crippen LogP contribution is -2.16. The minimum Gasteiger partial charge on any atom is -0.318 e. The Labute approximate surface area is 97.5 Å².